The van der Waals surface area contributed by atoms with Gasteiger partial charge in [-0.25, -0.2) is 14.4 Å². The summed E-state index contributed by atoms with van der Waals surface area (Å²) < 4.78 is 10.6. The van der Waals surface area contributed by atoms with E-state index in [0.717, 1.165) is 12.0 Å². The lowest BCUT2D eigenvalue weighted by atomic mass is 9.61. The van der Waals surface area contributed by atoms with Crippen molar-refractivity contribution < 1.29 is 54.2 Å². The molecule has 0 aromatic heterocycles. The van der Waals surface area contributed by atoms with Gasteiger partial charge in [0.25, 0.3) is 0 Å². The number of allylic oxidation sites excluding steroid dienone is 2. The zero-order valence-corrected chi connectivity index (χ0v) is 24.0. The van der Waals surface area contributed by atoms with Gasteiger partial charge in [0, 0.05) is 11.5 Å². The van der Waals surface area contributed by atoms with Crippen LogP contribution in [-0.2, 0) is 28.7 Å². The highest BCUT2D eigenvalue weighted by molar-refractivity contribution is 5.94. The van der Waals surface area contributed by atoms with Crippen LogP contribution in [0.25, 0.3) is 0 Å². The number of aliphatic carboxylic acids is 2. The largest absolute Gasteiger partial charge is 0.481 e. The minimum atomic E-state index is -2.04. The van der Waals surface area contributed by atoms with Gasteiger partial charge in [0.05, 0.1) is 30.3 Å². The molecule has 6 atom stereocenters. The zero-order chi connectivity index (χ0) is 30.6. The molecule has 11 nitrogen and oxygen atoms in total. The second kappa shape index (κ2) is 13.3. The molecule has 0 spiro atoms. The Kier molecular flexibility index (Phi) is 10.5. The highest BCUT2D eigenvalue weighted by atomic mass is 16.5. The fourth-order valence-electron chi connectivity index (χ4n) is 6.75. The first kappa shape index (κ1) is 32.5. The molecule has 0 bridgehead atoms. The van der Waals surface area contributed by atoms with Gasteiger partial charge in [-0.15, -0.1) is 0 Å². The molecule has 3 aliphatic rings. The lowest BCUT2D eigenvalue weighted by Crippen LogP contribution is -2.55. The van der Waals surface area contributed by atoms with Crippen molar-refractivity contribution in [2.75, 3.05) is 26.4 Å². The Bertz CT molecular complexity index is 1130. The first-order valence-corrected chi connectivity index (χ1v) is 14.1. The number of cyclic esters (lactones) is 1. The zero-order valence-electron chi connectivity index (χ0n) is 24.0. The first-order chi connectivity index (χ1) is 19.2. The molecule has 5 N–H and O–H groups in total. The summed E-state index contributed by atoms with van der Waals surface area (Å²) in [5.41, 5.74) is -1.17. The van der Waals surface area contributed by atoms with Gasteiger partial charge in [-0.2, -0.15) is 0 Å². The van der Waals surface area contributed by atoms with E-state index >= 15 is 0 Å². The Morgan fingerprint density at radius 3 is 2.17 bits per heavy atom. The first-order valence-electron chi connectivity index (χ1n) is 14.1. The van der Waals surface area contributed by atoms with Gasteiger partial charge in [-0.1, -0.05) is 39.8 Å². The number of esters is 2. The molecule has 1 saturated carbocycles. The molecule has 11 heteroatoms. The molecule has 2 aliphatic carbocycles. The van der Waals surface area contributed by atoms with Crippen LogP contribution >= 0.6 is 0 Å². The number of hydrogen-bond acceptors (Lipinski definition) is 9. The number of carboxylic acid groups (broad SMARTS) is 2. The van der Waals surface area contributed by atoms with E-state index in [1.165, 1.54) is 12.2 Å². The molecule has 1 heterocycles. The Morgan fingerprint density at radius 2 is 1.63 bits per heavy atom. The molecule has 3 rings (SSSR count). The fraction of sp³-hybridized carbons (Fsp3) is 0.667. The van der Waals surface area contributed by atoms with E-state index < -0.39 is 67.1 Å². The number of carbonyl (C=O) groups excluding carboxylic acids is 2. The third kappa shape index (κ3) is 6.90. The molecule has 1 fully saturated rings. The molecular formula is C30H42O11. The van der Waals surface area contributed by atoms with Crippen molar-refractivity contribution in [2.24, 2.45) is 41.4 Å². The monoisotopic (exact) mass is 578 g/mol. The summed E-state index contributed by atoms with van der Waals surface area (Å²) in [7, 11) is 0. The topological polar surface area (TPSA) is 188 Å². The van der Waals surface area contributed by atoms with Crippen LogP contribution in [0.3, 0.4) is 0 Å². The molecule has 41 heavy (non-hydrogen) atoms. The minimum absolute atomic E-state index is 0.0168. The van der Waals surface area contributed by atoms with Crippen LogP contribution in [0.4, 0.5) is 0 Å². The van der Waals surface area contributed by atoms with E-state index in [4.69, 9.17) is 9.47 Å². The summed E-state index contributed by atoms with van der Waals surface area (Å²) in [6, 6.07) is 0. The molecule has 228 valence electrons. The molecule has 0 radical (unpaired) electrons. The van der Waals surface area contributed by atoms with Crippen LogP contribution in [0.15, 0.2) is 34.4 Å². The van der Waals surface area contributed by atoms with Gasteiger partial charge in [0.15, 0.2) is 0 Å². The van der Waals surface area contributed by atoms with E-state index in [9.17, 15) is 44.7 Å². The molecular weight excluding hydrogens is 536 g/mol. The second-order valence-corrected chi connectivity index (χ2v) is 12.1. The Balaban J connectivity index is 1.90. The highest BCUT2D eigenvalue weighted by Gasteiger charge is 2.53. The Hall–Kier alpha value is -3.02. The van der Waals surface area contributed by atoms with Crippen LogP contribution in [0.5, 0.6) is 0 Å². The third-order valence-electron chi connectivity index (χ3n) is 9.00. The number of aliphatic hydroxyl groups excluding tert-OH is 2. The molecule has 0 saturated heterocycles. The standard InChI is InChI=1S/C30H42O11/c1-15(2)20-6-5-17-13-40-29(38)24(17)22(20)10-19(12-32)28(37)41-14-30(39)8-7-21(16(3)4)23(25(30)27(35)36)9-18(11-31)26(33)34/h9-10,15-16,20-23,25,31-32,39H,5-8,11-14H2,1-4H3,(H,33,34)(H,35,36)/b18-9+,19-10+/t20-,21-,22-,23-,25-,30-/m1/s1. The summed E-state index contributed by atoms with van der Waals surface area (Å²) in [5.74, 6) is -7.32. The van der Waals surface area contributed by atoms with Crippen molar-refractivity contribution in [3.8, 4) is 0 Å². The fourth-order valence-corrected chi connectivity index (χ4v) is 6.75. The summed E-state index contributed by atoms with van der Waals surface area (Å²) in [6.45, 7) is 5.75. The van der Waals surface area contributed by atoms with Crippen LogP contribution in [-0.4, -0.2) is 81.4 Å². The van der Waals surface area contributed by atoms with Gasteiger partial charge < -0.3 is 35.0 Å². The third-order valence-corrected chi connectivity index (χ3v) is 9.00. The van der Waals surface area contributed by atoms with Crippen LogP contribution in [0.2, 0.25) is 0 Å². The predicted octanol–water partition coefficient (Wildman–Crippen LogP) is 2.10. The van der Waals surface area contributed by atoms with Crippen molar-refractivity contribution in [3.05, 3.63) is 34.4 Å². The molecule has 0 unspecified atom stereocenters. The van der Waals surface area contributed by atoms with Crippen molar-refractivity contribution in [2.45, 2.75) is 59.0 Å². The van der Waals surface area contributed by atoms with Gasteiger partial charge >= 0.3 is 23.9 Å². The van der Waals surface area contributed by atoms with Crippen molar-refractivity contribution in [1.29, 1.82) is 0 Å². The lowest BCUT2D eigenvalue weighted by molar-refractivity contribution is -0.179. The van der Waals surface area contributed by atoms with Crippen molar-refractivity contribution in [3.63, 3.8) is 0 Å². The summed E-state index contributed by atoms with van der Waals surface area (Å²) in [6.07, 6.45) is 4.51. The number of aliphatic hydroxyl groups is 3. The minimum Gasteiger partial charge on any atom is -0.481 e. The average Bonchev–Trinajstić information content (AvgIpc) is 3.28. The van der Waals surface area contributed by atoms with E-state index in [1.54, 1.807) is 0 Å². The van der Waals surface area contributed by atoms with E-state index in [1.807, 2.05) is 27.7 Å². The van der Waals surface area contributed by atoms with Crippen LogP contribution in [0.1, 0.15) is 53.4 Å². The highest BCUT2D eigenvalue weighted by Crippen LogP contribution is 2.46. The molecule has 0 aromatic rings. The van der Waals surface area contributed by atoms with Gasteiger partial charge in [-0.05, 0) is 60.8 Å². The van der Waals surface area contributed by atoms with Gasteiger partial charge in [-0.3, -0.25) is 4.79 Å². The summed E-state index contributed by atoms with van der Waals surface area (Å²) >= 11 is 0. The number of ether oxygens (including phenoxy) is 2. The van der Waals surface area contributed by atoms with Crippen LogP contribution in [0, 0.1) is 41.4 Å². The molecule has 0 amide bonds. The van der Waals surface area contributed by atoms with Crippen LogP contribution < -0.4 is 0 Å². The normalized spacial score (nSPS) is 30.9. The maximum absolute atomic E-state index is 13.2. The van der Waals surface area contributed by atoms with E-state index in [-0.39, 0.29) is 47.8 Å². The lowest BCUT2D eigenvalue weighted by Gasteiger charge is -2.46. The Labute approximate surface area is 239 Å². The number of carbonyl (C=O) groups is 4. The maximum Gasteiger partial charge on any atom is 0.336 e. The average molecular weight is 579 g/mol. The second-order valence-electron chi connectivity index (χ2n) is 12.1. The summed E-state index contributed by atoms with van der Waals surface area (Å²) in [4.78, 5) is 49.7. The van der Waals surface area contributed by atoms with Gasteiger partial charge in [0.1, 0.15) is 18.8 Å². The number of carboxylic acids is 2. The SMILES string of the molecule is CC(C)[C@H]1CC[C@@](O)(COC(=O)/C(=C/[C@H]2C3=C(CC[C@@H]2C(C)C)COC3=O)CO)[C@@H](C(=O)O)[C@@H]1/C=C(\CO)C(=O)O. The van der Waals surface area contributed by atoms with Crippen molar-refractivity contribution in [1.82, 2.24) is 0 Å². The Morgan fingerprint density at radius 1 is 1.00 bits per heavy atom. The van der Waals surface area contributed by atoms with Crippen molar-refractivity contribution >= 4 is 23.9 Å². The predicted molar refractivity (Wildman–Crippen MR) is 145 cm³/mol. The van der Waals surface area contributed by atoms with Gasteiger partial charge in [0.2, 0.25) is 0 Å². The number of rotatable bonds is 11. The summed E-state index contributed by atoms with van der Waals surface area (Å²) in [5, 5.41) is 50.8. The quantitative estimate of drug-likeness (QED) is 0.178. The smallest absolute Gasteiger partial charge is 0.336 e. The number of hydrogen-bond donors (Lipinski definition) is 5. The molecule has 0 aromatic carbocycles. The maximum atomic E-state index is 13.2. The van der Waals surface area contributed by atoms with E-state index in [2.05, 4.69) is 0 Å². The van der Waals surface area contributed by atoms with E-state index in [0.29, 0.717) is 18.4 Å². The molecule has 1 aliphatic heterocycles.